The van der Waals surface area contributed by atoms with Crippen LogP contribution >= 0.6 is 0 Å². The van der Waals surface area contributed by atoms with E-state index < -0.39 is 0 Å². The number of hydrogen-bond donors (Lipinski definition) is 1. The summed E-state index contributed by atoms with van der Waals surface area (Å²) in [5.41, 5.74) is 0. The Morgan fingerprint density at radius 1 is 1.44 bits per heavy atom. The van der Waals surface area contributed by atoms with E-state index in [1.807, 2.05) is 0 Å². The molecule has 0 aromatic rings. The molecule has 2 nitrogen and oxygen atoms in total. The molecule has 0 aliphatic rings. The Balaban J connectivity index is 3.16. The fourth-order valence-corrected chi connectivity index (χ4v) is 0.536. The molecule has 0 bridgehead atoms. The summed E-state index contributed by atoms with van der Waals surface area (Å²) in [4.78, 5) is 2.21. The van der Waals surface area contributed by atoms with E-state index in [4.69, 9.17) is 0 Å². The first-order valence-electron chi connectivity index (χ1n) is 3.55. The van der Waals surface area contributed by atoms with E-state index in [9.17, 15) is 0 Å². The van der Waals surface area contributed by atoms with E-state index >= 15 is 0 Å². The summed E-state index contributed by atoms with van der Waals surface area (Å²) in [5, 5.41) is 3.29. The molecule has 56 valence electrons. The Hall–Kier alpha value is -0.0800. The summed E-state index contributed by atoms with van der Waals surface area (Å²) in [6.07, 6.45) is 0. The molecular weight excluding hydrogens is 112 g/mol. The Morgan fingerprint density at radius 3 is 2.33 bits per heavy atom. The van der Waals surface area contributed by atoms with Crippen molar-refractivity contribution < 1.29 is 0 Å². The highest BCUT2D eigenvalue weighted by Gasteiger charge is 2.00. The number of nitrogens with one attached hydrogen (secondary N) is 1. The number of nitrogens with zero attached hydrogens (tertiary/aromatic N) is 1. The molecule has 0 aliphatic carbocycles. The van der Waals surface area contributed by atoms with Crippen molar-refractivity contribution in [3.05, 3.63) is 0 Å². The zero-order valence-electron chi connectivity index (χ0n) is 6.94. The van der Waals surface area contributed by atoms with Crippen LogP contribution in [0.2, 0.25) is 0 Å². The van der Waals surface area contributed by atoms with E-state index in [0.717, 1.165) is 13.1 Å². The van der Waals surface area contributed by atoms with Crippen molar-refractivity contribution in [1.82, 2.24) is 10.2 Å². The van der Waals surface area contributed by atoms with Gasteiger partial charge in [-0.1, -0.05) is 6.92 Å². The Morgan fingerprint density at radius 2 is 2.00 bits per heavy atom. The van der Waals surface area contributed by atoms with Gasteiger partial charge in [-0.05, 0) is 27.6 Å². The molecule has 0 aromatic heterocycles. The molecule has 1 atom stereocenters. The quantitative estimate of drug-likeness (QED) is 0.597. The smallest absolute Gasteiger partial charge is 0.0186 e. The summed E-state index contributed by atoms with van der Waals surface area (Å²) < 4.78 is 0. The summed E-state index contributed by atoms with van der Waals surface area (Å²) in [7, 11) is 4.20. The van der Waals surface area contributed by atoms with Gasteiger partial charge in [0.1, 0.15) is 0 Å². The minimum absolute atomic E-state index is 0.643. The van der Waals surface area contributed by atoms with Gasteiger partial charge in [-0.15, -0.1) is 0 Å². The molecule has 9 heavy (non-hydrogen) atoms. The van der Waals surface area contributed by atoms with Gasteiger partial charge in [0.15, 0.2) is 0 Å². The molecule has 0 amide bonds. The molecule has 0 heterocycles. The van der Waals surface area contributed by atoms with E-state index in [1.54, 1.807) is 0 Å². The lowest BCUT2D eigenvalue weighted by molar-refractivity contribution is 0.305. The predicted octanol–water partition coefficient (Wildman–Crippen LogP) is 0.546. The maximum absolute atomic E-state index is 3.29. The van der Waals surface area contributed by atoms with Gasteiger partial charge in [0.2, 0.25) is 0 Å². The molecule has 0 aromatic carbocycles. The van der Waals surface area contributed by atoms with E-state index in [0.29, 0.717) is 6.04 Å². The fourth-order valence-electron chi connectivity index (χ4n) is 0.536. The molecular formula is C7H18N2. The van der Waals surface area contributed by atoms with Crippen LogP contribution in [0.4, 0.5) is 0 Å². The van der Waals surface area contributed by atoms with Gasteiger partial charge in [-0.2, -0.15) is 0 Å². The molecule has 0 radical (unpaired) electrons. The second-order valence-electron chi connectivity index (χ2n) is 2.62. The zero-order valence-corrected chi connectivity index (χ0v) is 6.94. The zero-order chi connectivity index (χ0) is 7.28. The topological polar surface area (TPSA) is 15.3 Å². The normalized spacial score (nSPS) is 14.3. The first kappa shape index (κ1) is 8.92. The second kappa shape index (κ2) is 4.77. The van der Waals surface area contributed by atoms with Crippen LogP contribution < -0.4 is 5.32 Å². The van der Waals surface area contributed by atoms with Crippen molar-refractivity contribution in [1.29, 1.82) is 0 Å². The molecule has 0 saturated carbocycles. The third-order valence-electron chi connectivity index (χ3n) is 1.57. The molecule has 0 rings (SSSR count). The van der Waals surface area contributed by atoms with E-state index in [1.165, 1.54) is 0 Å². The predicted molar refractivity (Wildman–Crippen MR) is 41.7 cm³/mol. The van der Waals surface area contributed by atoms with Crippen molar-refractivity contribution in [2.75, 3.05) is 27.2 Å². The van der Waals surface area contributed by atoms with Crippen LogP contribution in [0.5, 0.6) is 0 Å². The number of hydrogen-bond acceptors (Lipinski definition) is 2. The lowest BCUT2D eigenvalue weighted by Gasteiger charge is -2.19. The lowest BCUT2D eigenvalue weighted by atomic mass is 10.3. The van der Waals surface area contributed by atoms with Gasteiger partial charge in [0.05, 0.1) is 0 Å². The van der Waals surface area contributed by atoms with Crippen molar-refractivity contribution in [2.24, 2.45) is 0 Å². The second-order valence-corrected chi connectivity index (χ2v) is 2.62. The standard InChI is InChI=1S/C7H18N2/c1-5-8-6-7(2)9(3)4/h7-8H,5-6H2,1-4H3. The molecule has 0 aliphatic heterocycles. The highest BCUT2D eigenvalue weighted by molar-refractivity contribution is 4.60. The lowest BCUT2D eigenvalue weighted by Crippen LogP contribution is -2.35. The van der Waals surface area contributed by atoms with Crippen molar-refractivity contribution >= 4 is 0 Å². The summed E-state index contributed by atoms with van der Waals surface area (Å²) >= 11 is 0. The highest BCUT2D eigenvalue weighted by atomic mass is 15.1. The third kappa shape index (κ3) is 4.43. The maximum atomic E-state index is 3.29. The van der Waals surface area contributed by atoms with Crippen LogP contribution in [0.1, 0.15) is 13.8 Å². The minimum Gasteiger partial charge on any atom is -0.315 e. The SMILES string of the molecule is CCNCC(C)N(C)C. The number of likely N-dealkylation sites (N-methyl/N-ethyl adjacent to an activating group) is 2. The first-order chi connectivity index (χ1) is 4.18. The largest absolute Gasteiger partial charge is 0.315 e. The fraction of sp³-hybridized carbons (Fsp3) is 1.00. The summed E-state index contributed by atoms with van der Waals surface area (Å²) in [6, 6.07) is 0.643. The van der Waals surface area contributed by atoms with Crippen LogP contribution in [0.25, 0.3) is 0 Å². The van der Waals surface area contributed by atoms with Crippen LogP contribution in [0, 0.1) is 0 Å². The van der Waals surface area contributed by atoms with Gasteiger partial charge in [0, 0.05) is 12.6 Å². The van der Waals surface area contributed by atoms with Gasteiger partial charge in [-0.25, -0.2) is 0 Å². The maximum Gasteiger partial charge on any atom is 0.0186 e. The van der Waals surface area contributed by atoms with Crippen molar-refractivity contribution in [2.45, 2.75) is 19.9 Å². The summed E-state index contributed by atoms with van der Waals surface area (Å²) in [6.45, 7) is 6.49. The van der Waals surface area contributed by atoms with Gasteiger partial charge < -0.3 is 10.2 Å². The molecule has 1 N–H and O–H groups in total. The average Bonchev–Trinajstić information content (AvgIpc) is 1.82. The van der Waals surface area contributed by atoms with Crippen LogP contribution in [0.15, 0.2) is 0 Å². The molecule has 2 heteroatoms. The Labute approximate surface area is 58.2 Å². The van der Waals surface area contributed by atoms with Gasteiger partial charge >= 0.3 is 0 Å². The Bertz CT molecular complexity index is 61.9. The minimum atomic E-state index is 0.643. The van der Waals surface area contributed by atoms with Crippen molar-refractivity contribution in [3.8, 4) is 0 Å². The average molecular weight is 130 g/mol. The van der Waals surface area contributed by atoms with E-state index in [-0.39, 0.29) is 0 Å². The summed E-state index contributed by atoms with van der Waals surface area (Å²) in [5.74, 6) is 0. The molecule has 0 fully saturated rings. The van der Waals surface area contributed by atoms with E-state index in [2.05, 4.69) is 38.2 Å². The van der Waals surface area contributed by atoms with Crippen molar-refractivity contribution in [3.63, 3.8) is 0 Å². The van der Waals surface area contributed by atoms with Crippen LogP contribution in [0.3, 0.4) is 0 Å². The molecule has 0 saturated heterocycles. The van der Waals surface area contributed by atoms with Gasteiger partial charge in [-0.3, -0.25) is 0 Å². The molecule has 0 spiro atoms. The van der Waals surface area contributed by atoms with Crippen LogP contribution in [-0.4, -0.2) is 38.1 Å². The highest BCUT2D eigenvalue weighted by Crippen LogP contribution is 1.86. The monoisotopic (exact) mass is 130 g/mol. The van der Waals surface area contributed by atoms with Crippen LogP contribution in [-0.2, 0) is 0 Å². The molecule has 1 unspecified atom stereocenters. The number of rotatable bonds is 4. The third-order valence-corrected chi connectivity index (χ3v) is 1.57. The first-order valence-corrected chi connectivity index (χ1v) is 3.55. The van der Waals surface area contributed by atoms with Gasteiger partial charge in [0.25, 0.3) is 0 Å². The Kier molecular flexibility index (Phi) is 4.72.